The van der Waals surface area contributed by atoms with Gasteiger partial charge >= 0.3 is 6.03 Å². The van der Waals surface area contributed by atoms with Crippen LogP contribution in [0.15, 0.2) is 0 Å². The van der Waals surface area contributed by atoms with Gasteiger partial charge in [-0.25, -0.2) is 4.79 Å². The molecule has 2 fully saturated rings. The third-order valence-corrected chi connectivity index (χ3v) is 8.14. The van der Waals surface area contributed by atoms with Crippen LogP contribution in [-0.2, 0) is 19.2 Å². The van der Waals surface area contributed by atoms with Crippen LogP contribution >= 0.6 is 0 Å². The number of likely N-dealkylation sites (tertiary alicyclic amines) is 1. The first-order chi connectivity index (χ1) is 17.5. The van der Waals surface area contributed by atoms with Crippen LogP contribution in [0.2, 0.25) is 0 Å². The Morgan fingerprint density at radius 3 is 2.00 bits per heavy atom. The Kier molecular flexibility index (Phi) is 10.7. The SMILES string of the molecule is CC(C)C1CCN(C(=O)[C@@H](NC(=O)NC(C)(C)C)C(C)C(C)C)C1C(=O)NC(CC1CCC1)C(=O)C(N)=O. The summed E-state index contributed by atoms with van der Waals surface area (Å²) in [5.41, 5.74) is 4.81. The summed E-state index contributed by atoms with van der Waals surface area (Å²) < 4.78 is 0. The van der Waals surface area contributed by atoms with Crippen molar-refractivity contribution in [3.63, 3.8) is 0 Å². The Hall–Kier alpha value is -2.65. The van der Waals surface area contributed by atoms with Gasteiger partial charge in [0.1, 0.15) is 12.1 Å². The van der Waals surface area contributed by atoms with Crippen molar-refractivity contribution in [2.45, 2.75) is 111 Å². The highest BCUT2D eigenvalue weighted by Crippen LogP contribution is 2.34. The number of urea groups is 1. The van der Waals surface area contributed by atoms with Crippen LogP contribution in [-0.4, -0.2) is 64.6 Å². The Labute approximate surface area is 227 Å². The van der Waals surface area contributed by atoms with E-state index in [0.29, 0.717) is 19.4 Å². The molecule has 2 rings (SSSR count). The summed E-state index contributed by atoms with van der Waals surface area (Å²) in [6, 6.07) is -3.11. The summed E-state index contributed by atoms with van der Waals surface area (Å²) in [5, 5.41) is 8.50. The average Bonchev–Trinajstić information content (AvgIpc) is 3.21. The Morgan fingerprint density at radius 1 is 0.947 bits per heavy atom. The van der Waals surface area contributed by atoms with Crippen molar-refractivity contribution in [2.75, 3.05) is 6.54 Å². The maximum Gasteiger partial charge on any atom is 0.315 e. The molecule has 4 unspecified atom stereocenters. The maximum atomic E-state index is 14.0. The fourth-order valence-corrected chi connectivity index (χ4v) is 5.32. The largest absolute Gasteiger partial charge is 0.363 e. The van der Waals surface area contributed by atoms with Crippen LogP contribution in [0, 0.1) is 29.6 Å². The number of carbonyl (C=O) groups excluding carboxylic acids is 5. The zero-order valence-electron chi connectivity index (χ0n) is 24.4. The predicted octanol–water partition coefficient (Wildman–Crippen LogP) is 2.35. The van der Waals surface area contributed by atoms with Gasteiger partial charge < -0.3 is 26.6 Å². The second-order valence-corrected chi connectivity index (χ2v) is 12.9. The van der Waals surface area contributed by atoms with Gasteiger partial charge in [0.2, 0.25) is 17.6 Å². The molecule has 1 aliphatic heterocycles. The minimum Gasteiger partial charge on any atom is -0.363 e. The number of hydrogen-bond acceptors (Lipinski definition) is 5. The van der Waals surface area contributed by atoms with Gasteiger partial charge in [-0.2, -0.15) is 0 Å². The van der Waals surface area contributed by atoms with E-state index in [1.54, 1.807) is 4.90 Å². The Morgan fingerprint density at radius 2 is 1.55 bits per heavy atom. The van der Waals surface area contributed by atoms with Gasteiger partial charge in [0, 0.05) is 12.1 Å². The molecule has 2 aliphatic rings. The number of Topliss-reactive ketones (excluding diaryl/α,β-unsaturated/α-hetero) is 1. The minimum absolute atomic E-state index is 0.0923. The van der Waals surface area contributed by atoms with Crippen LogP contribution in [0.1, 0.15) is 87.5 Å². The number of nitrogens with one attached hydrogen (secondary N) is 3. The number of nitrogens with two attached hydrogens (primary N) is 1. The molecular weight excluding hydrogens is 486 g/mol. The predicted molar refractivity (Wildman–Crippen MR) is 146 cm³/mol. The molecule has 1 heterocycles. The van der Waals surface area contributed by atoms with Crippen molar-refractivity contribution in [1.82, 2.24) is 20.9 Å². The van der Waals surface area contributed by atoms with E-state index < -0.39 is 47.3 Å². The fraction of sp³-hybridized carbons (Fsp3) is 0.821. The summed E-state index contributed by atoms with van der Waals surface area (Å²) in [7, 11) is 0. The lowest BCUT2D eigenvalue weighted by Gasteiger charge is -2.36. The van der Waals surface area contributed by atoms with E-state index in [4.69, 9.17) is 5.73 Å². The average molecular weight is 536 g/mol. The molecule has 1 saturated heterocycles. The molecule has 0 aromatic rings. The minimum atomic E-state index is -1.07. The van der Waals surface area contributed by atoms with Gasteiger partial charge in [0.05, 0.1) is 6.04 Å². The highest BCUT2D eigenvalue weighted by Gasteiger charge is 2.47. The smallest absolute Gasteiger partial charge is 0.315 e. The van der Waals surface area contributed by atoms with E-state index in [2.05, 4.69) is 16.0 Å². The molecule has 10 nitrogen and oxygen atoms in total. The van der Waals surface area contributed by atoms with Gasteiger partial charge in [-0.15, -0.1) is 0 Å². The van der Waals surface area contributed by atoms with Crippen LogP contribution in [0.25, 0.3) is 0 Å². The quantitative estimate of drug-likeness (QED) is 0.300. The molecule has 10 heteroatoms. The summed E-state index contributed by atoms with van der Waals surface area (Å²) in [6.45, 7) is 15.8. The highest BCUT2D eigenvalue weighted by molar-refractivity contribution is 6.37. The number of hydrogen-bond donors (Lipinski definition) is 4. The molecule has 0 bridgehead atoms. The first-order valence-corrected chi connectivity index (χ1v) is 14.1. The molecule has 5 amide bonds. The number of rotatable bonds is 11. The van der Waals surface area contributed by atoms with E-state index in [0.717, 1.165) is 19.3 Å². The van der Waals surface area contributed by atoms with Crippen LogP contribution in [0.4, 0.5) is 4.79 Å². The van der Waals surface area contributed by atoms with Gasteiger partial charge in [-0.1, -0.05) is 53.9 Å². The van der Waals surface area contributed by atoms with E-state index >= 15 is 0 Å². The molecular formula is C28H49N5O5. The van der Waals surface area contributed by atoms with E-state index in [1.165, 1.54) is 0 Å². The molecule has 5 atom stereocenters. The highest BCUT2D eigenvalue weighted by atomic mass is 16.2. The van der Waals surface area contributed by atoms with E-state index in [9.17, 15) is 24.0 Å². The van der Waals surface area contributed by atoms with Gasteiger partial charge in [-0.3, -0.25) is 19.2 Å². The summed E-state index contributed by atoms with van der Waals surface area (Å²) in [6.07, 6.45) is 3.93. The maximum absolute atomic E-state index is 14.0. The standard InChI is InChI=1S/C28H49N5O5/c1-15(2)17(5)21(31-27(38)32-28(6,7)8)26(37)33-13-12-19(16(3)4)22(33)25(36)30-20(23(34)24(29)35)14-18-10-9-11-18/h15-22H,9-14H2,1-8H3,(H2,29,35)(H,30,36)(H2,31,32,38)/t17?,19?,20?,21-,22?/m0/s1. The third kappa shape index (κ3) is 8.17. The van der Waals surface area contributed by atoms with Crippen molar-refractivity contribution in [3.05, 3.63) is 0 Å². The molecule has 1 saturated carbocycles. The zero-order chi connectivity index (χ0) is 28.9. The second kappa shape index (κ2) is 12.9. The van der Waals surface area contributed by atoms with Crippen LogP contribution in [0.3, 0.4) is 0 Å². The number of ketones is 1. The number of primary amides is 1. The van der Waals surface area contributed by atoms with Crippen molar-refractivity contribution in [2.24, 2.45) is 35.3 Å². The van der Waals surface area contributed by atoms with Crippen molar-refractivity contribution < 1.29 is 24.0 Å². The lowest BCUT2D eigenvalue weighted by Crippen LogP contribution is -2.61. The second-order valence-electron chi connectivity index (χ2n) is 12.9. The van der Waals surface area contributed by atoms with Gasteiger partial charge in [-0.05, 0) is 63.2 Å². The Balaban J connectivity index is 2.33. The van der Waals surface area contributed by atoms with Gasteiger partial charge in [0.25, 0.3) is 5.91 Å². The number of carbonyl (C=O) groups is 5. The Bertz CT molecular complexity index is 893. The first kappa shape index (κ1) is 31.6. The van der Waals surface area contributed by atoms with Crippen molar-refractivity contribution >= 4 is 29.5 Å². The first-order valence-electron chi connectivity index (χ1n) is 14.1. The number of nitrogens with zero attached hydrogens (tertiary/aromatic N) is 1. The molecule has 0 spiro atoms. The van der Waals surface area contributed by atoms with E-state index in [-0.39, 0.29) is 35.5 Å². The van der Waals surface area contributed by atoms with Crippen LogP contribution in [0.5, 0.6) is 0 Å². The van der Waals surface area contributed by atoms with E-state index in [1.807, 2.05) is 55.4 Å². The topological polar surface area (TPSA) is 151 Å². The monoisotopic (exact) mass is 535 g/mol. The van der Waals surface area contributed by atoms with Crippen LogP contribution < -0.4 is 21.7 Å². The molecule has 38 heavy (non-hydrogen) atoms. The third-order valence-electron chi connectivity index (χ3n) is 8.14. The lowest BCUT2D eigenvalue weighted by atomic mass is 9.80. The van der Waals surface area contributed by atoms with Gasteiger partial charge in [0.15, 0.2) is 0 Å². The molecule has 5 N–H and O–H groups in total. The lowest BCUT2D eigenvalue weighted by molar-refractivity contribution is -0.144. The molecule has 0 aromatic heterocycles. The molecule has 0 aromatic carbocycles. The fourth-order valence-electron chi connectivity index (χ4n) is 5.32. The normalized spacial score (nSPS) is 22.4. The number of amides is 5. The molecule has 0 radical (unpaired) electrons. The summed E-state index contributed by atoms with van der Waals surface area (Å²) >= 11 is 0. The van der Waals surface area contributed by atoms with Crippen molar-refractivity contribution in [3.8, 4) is 0 Å². The summed E-state index contributed by atoms with van der Waals surface area (Å²) in [5.74, 6) is -2.55. The molecule has 216 valence electrons. The molecule has 1 aliphatic carbocycles. The zero-order valence-corrected chi connectivity index (χ0v) is 24.4. The summed E-state index contributed by atoms with van der Waals surface area (Å²) in [4.78, 5) is 66.3. The van der Waals surface area contributed by atoms with Crippen molar-refractivity contribution in [1.29, 1.82) is 0 Å².